The van der Waals surface area contributed by atoms with Gasteiger partial charge in [-0.3, -0.25) is 0 Å². The van der Waals surface area contributed by atoms with Crippen molar-refractivity contribution in [1.82, 2.24) is 0 Å². The van der Waals surface area contributed by atoms with Crippen molar-refractivity contribution in [2.75, 3.05) is 6.61 Å². The fraction of sp³-hybridized carbons (Fsp3) is 0.222. The molecule has 1 atom stereocenters. The Morgan fingerprint density at radius 3 is 2.60 bits per heavy atom. The second kappa shape index (κ2) is 8.75. The summed E-state index contributed by atoms with van der Waals surface area (Å²) in [6.45, 7) is 3.68. The molecule has 2 rings (SSSR count). The molecule has 2 aromatic rings. The summed E-state index contributed by atoms with van der Waals surface area (Å²) in [5, 5.41) is 9.12. The zero-order chi connectivity index (χ0) is 18.4. The fourth-order valence-corrected chi connectivity index (χ4v) is 2.46. The third-order valence-corrected chi connectivity index (χ3v) is 3.91. The Hall–Kier alpha value is -2.23. The molecule has 0 spiro atoms. The Bertz CT molecular complexity index is 802. The van der Waals surface area contributed by atoms with Gasteiger partial charge in [-0.1, -0.05) is 27.5 Å². The summed E-state index contributed by atoms with van der Waals surface area (Å²) in [5.41, 5.74) is 0.312. The van der Waals surface area contributed by atoms with Crippen molar-refractivity contribution in [2.45, 2.75) is 20.0 Å². The molecule has 0 aromatic heterocycles. The van der Waals surface area contributed by atoms with E-state index in [0.717, 1.165) is 4.47 Å². The van der Waals surface area contributed by atoms with E-state index in [0.29, 0.717) is 17.9 Å². The third-order valence-electron chi connectivity index (χ3n) is 3.10. The highest BCUT2D eigenvalue weighted by atomic mass is 79.9. The van der Waals surface area contributed by atoms with Gasteiger partial charge in [0.05, 0.1) is 23.3 Å². The van der Waals surface area contributed by atoms with Gasteiger partial charge in [-0.2, -0.15) is 5.26 Å². The van der Waals surface area contributed by atoms with Gasteiger partial charge in [0.2, 0.25) is 0 Å². The summed E-state index contributed by atoms with van der Waals surface area (Å²) in [7, 11) is 0. The second-order valence-electron chi connectivity index (χ2n) is 4.97. The lowest BCUT2D eigenvalue weighted by Gasteiger charge is -2.16. The van der Waals surface area contributed by atoms with E-state index >= 15 is 0 Å². The number of carbonyl (C=O) groups excluding carboxylic acids is 1. The Labute approximate surface area is 159 Å². The topological polar surface area (TPSA) is 68.5 Å². The first-order chi connectivity index (χ1) is 11.9. The molecule has 0 bridgehead atoms. The van der Waals surface area contributed by atoms with E-state index in [9.17, 15) is 4.79 Å². The molecule has 0 amide bonds. The van der Waals surface area contributed by atoms with Gasteiger partial charge in [-0.25, -0.2) is 4.79 Å². The zero-order valence-corrected chi connectivity index (χ0v) is 15.9. The van der Waals surface area contributed by atoms with Crippen LogP contribution in [0.25, 0.3) is 0 Å². The SMILES string of the molecule is CCOc1cc(C#N)cc(Cl)c1OC(=O)C(C)Oc1ccc(Br)cc1. The molecule has 0 saturated carbocycles. The molecular formula is C18H15BrClNO4. The highest BCUT2D eigenvalue weighted by Gasteiger charge is 2.22. The molecule has 1 unspecified atom stereocenters. The smallest absolute Gasteiger partial charge is 0.352 e. The highest BCUT2D eigenvalue weighted by molar-refractivity contribution is 9.10. The maximum absolute atomic E-state index is 12.3. The van der Waals surface area contributed by atoms with Gasteiger partial charge in [-0.05, 0) is 44.2 Å². The molecule has 0 radical (unpaired) electrons. The molecule has 0 heterocycles. The number of benzene rings is 2. The molecule has 0 fully saturated rings. The molecule has 0 aliphatic heterocycles. The largest absolute Gasteiger partial charge is 0.490 e. The van der Waals surface area contributed by atoms with E-state index in [4.69, 9.17) is 31.1 Å². The van der Waals surface area contributed by atoms with Crippen molar-refractivity contribution in [3.05, 3.63) is 51.5 Å². The predicted octanol–water partition coefficient (Wildman–Crippen LogP) is 4.75. The molecule has 0 aliphatic rings. The number of hydrogen-bond acceptors (Lipinski definition) is 5. The molecule has 0 saturated heterocycles. The first kappa shape index (κ1) is 19.1. The Morgan fingerprint density at radius 2 is 2.00 bits per heavy atom. The van der Waals surface area contributed by atoms with Gasteiger partial charge in [0.15, 0.2) is 17.6 Å². The highest BCUT2D eigenvalue weighted by Crippen LogP contribution is 2.37. The lowest BCUT2D eigenvalue weighted by Crippen LogP contribution is -2.28. The number of halogens is 2. The Morgan fingerprint density at radius 1 is 1.32 bits per heavy atom. The van der Waals surface area contributed by atoms with E-state index in [-0.39, 0.29) is 16.5 Å². The van der Waals surface area contributed by atoms with Crippen LogP contribution in [-0.2, 0) is 4.79 Å². The number of nitrogens with zero attached hydrogens (tertiary/aromatic N) is 1. The van der Waals surface area contributed by atoms with E-state index < -0.39 is 12.1 Å². The van der Waals surface area contributed by atoms with Crippen LogP contribution in [0, 0.1) is 11.3 Å². The average Bonchev–Trinajstić information content (AvgIpc) is 2.59. The van der Waals surface area contributed by atoms with E-state index in [1.807, 2.05) is 6.07 Å². The van der Waals surface area contributed by atoms with Crippen molar-refractivity contribution in [1.29, 1.82) is 5.26 Å². The molecule has 7 heteroatoms. The van der Waals surface area contributed by atoms with Crippen LogP contribution in [0.5, 0.6) is 17.2 Å². The van der Waals surface area contributed by atoms with Crippen LogP contribution in [0.15, 0.2) is 40.9 Å². The molecule has 130 valence electrons. The van der Waals surface area contributed by atoms with Crippen molar-refractivity contribution in [3.63, 3.8) is 0 Å². The number of rotatable bonds is 6. The Kier molecular flexibility index (Phi) is 6.68. The third kappa shape index (κ3) is 5.12. The number of nitriles is 1. The molecular weight excluding hydrogens is 410 g/mol. The van der Waals surface area contributed by atoms with Crippen LogP contribution in [0.4, 0.5) is 0 Å². The first-order valence-corrected chi connectivity index (χ1v) is 8.62. The summed E-state index contributed by atoms with van der Waals surface area (Å²) in [6.07, 6.45) is -0.859. The number of carbonyl (C=O) groups is 1. The van der Waals surface area contributed by atoms with E-state index in [1.165, 1.54) is 12.1 Å². The molecule has 2 aromatic carbocycles. The first-order valence-electron chi connectivity index (χ1n) is 7.45. The van der Waals surface area contributed by atoms with Gasteiger partial charge in [0.1, 0.15) is 5.75 Å². The van der Waals surface area contributed by atoms with Crippen molar-refractivity contribution in [3.8, 4) is 23.3 Å². The standard InChI is InChI=1S/C18H15BrClNO4/c1-3-23-16-9-12(10-21)8-15(20)17(16)25-18(22)11(2)24-14-6-4-13(19)5-7-14/h4-9,11H,3H2,1-2H3. The van der Waals surface area contributed by atoms with Crippen molar-refractivity contribution in [2.24, 2.45) is 0 Å². The quantitative estimate of drug-likeness (QED) is 0.494. The van der Waals surface area contributed by atoms with Crippen LogP contribution >= 0.6 is 27.5 Å². The summed E-state index contributed by atoms with van der Waals surface area (Å²) in [4.78, 5) is 12.3. The molecule has 0 aliphatic carbocycles. The summed E-state index contributed by atoms with van der Waals surface area (Å²) >= 11 is 9.45. The number of ether oxygens (including phenoxy) is 3. The van der Waals surface area contributed by atoms with Crippen LogP contribution in [0.2, 0.25) is 5.02 Å². The van der Waals surface area contributed by atoms with Crippen molar-refractivity contribution < 1.29 is 19.0 Å². The van der Waals surface area contributed by atoms with E-state index in [2.05, 4.69) is 15.9 Å². The van der Waals surface area contributed by atoms with Crippen LogP contribution in [0.3, 0.4) is 0 Å². The van der Waals surface area contributed by atoms with Gasteiger partial charge >= 0.3 is 5.97 Å². The average molecular weight is 425 g/mol. The lowest BCUT2D eigenvalue weighted by atomic mass is 10.2. The number of esters is 1. The second-order valence-corrected chi connectivity index (χ2v) is 6.29. The maximum Gasteiger partial charge on any atom is 0.352 e. The van der Waals surface area contributed by atoms with Gasteiger partial charge < -0.3 is 14.2 Å². The normalized spacial score (nSPS) is 11.3. The van der Waals surface area contributed by atoms with E-state index in [1.54, 1.807) is 38.1 Å². The summed E-state index contributed by atoms with van der Waals surface area (Å²) < 4.78 is 17.2. The fourth-order valence-electron chi connectivity index (χ4n) is 1.94. The summed E-state index contributed by atoms with van der Waals surface area (Å²) in [6, 6.07) is 11.9. The lowest BCUT2D eigenvalue weighted by molar-refractivity contribution is -0.141. The zero-order valence-electron chi connectivity index (χ0n) is 13.6. The predicted molar refractivity (Wildman–Crippen MR) is 97.2 cm³/mol. The van der Waals surface area contributed by atoms with Crippen molar-refractivity contribution >= 4 is 33.5 Å². The minimum Gasteiger partial charge on any atom is -0.490 e. The molecule has 5 nitrogen and oxygen atoms in total. The molecule has 25 heavy (non-hydrogen) atoms. The minimum absolute atomic E-state index is 0.0683. The number of hydrogen-bond donors (Lipinski definition) is 0. The van der Waals surface area contributed by atoms with Gasteiger partial charge in [0, 0.05) is 10.5 Å². The van der Waals surface area contributed by atoms with Crippen LogP contribution in [0.1, 0.15) is 19.4 Å². The monoisotopic (exact) mass is 423 g/mol. The van der Waals surface area contributed by atoms with Crippen LogP contribution in [-0.4, -0.2) is 18.7 Å². The minimum atomic E-state index is -0.859. The van der Waals surface area contributed by atoms with Crippen LogP contribution < -0.4 is 14.2 Å². The van der Waals surface area contributed by atoms with Gasteiger partial charge in [0.25, 0.3) is 0 Å². The Balaban J connectivity index is 2.16. The maximum atomic E-state index is 12.3. The molecule has 0 N–H and O–H groups in total. The summed E-state index contributed by atoms with van der Waals surface area (Å²) in [5.74, 6) is 0.202. The van der Waals surface area contributed by atoms with Gasteiger partial charge in [-0.15, -0.1) is 0 Å².